The summed E-state index contributed by atoms with van der Waals surface area (Å²) in [5.41, 5.74) is 3.24. The highest BCUT2D eigenvalue weighted by Gasteiger charge is 2.06. The second-order valence-electron chi connectivity index (χ2n) is 4.24. The summed E-state index contributed by atoms with van der Waals surface area (Å²) in [5.74, 6) is 5.19. The van der Waals surface area contributed by atoms with Crippen molar-refractivity contribution in [2.75, 3.05) is 6.61 Å². The van der Waals surface area contributed by atoms with Gasteiger partial charge >= 0.3 is 0 Å². The quantitative estimate of drug-likeness (QED) is 0.727. The third kappa shape index (κ3) is 3.46. The van der Waals surface area contributed by atoms with E-state index in [1.807, 2.05) is 6.92 Å². The maximum absolute atomic E-state index is 12.0. The molecule has 0 saturated carbocycles. The van der Waals surface area contributed by atoms with Crippen LogP contribution in [0.25, 0.3) is 0 Å². The fourth-order valence-corrected chi connectivity index (χ4v) is 1.68. The summed E-state index contributed by atoms with van der Waals surface area (Å²) in [7, 11) is 0. The zero-order chi connectivity index (χ0) is 14.4. The highest BCUT2D eigenvalue weighted by atomic mass is 16.2. The van der Waals surface area contributed by atoms with Gasteiger partial charge in [0.15, 0.2) is 0 Å². The zero-order valence-electron chi connectivity index (χ0n) is 11.1. The van der Waals surface area contributed by atoms with Crippen LogP contribution in [0.2, 0.25) is 0 Å². The van der Waals surface area contributed by atoms with Crippen LogP contribution in [-0.2, 0) is 6.54 Å². The SMILES string of the molecule is Cc1[nH]ncc1CNC(=O)c1ccc(C#CCO)cc1. The number of amides is 1. The van der Waals surface area contributed by atoms with E-state index in [-0.39, 0.29) is 12.5 Å². The summed E-state index contributed by atoms with van der Waals surface area (Å²) in [6.07, 6.45) is 1.70. The van der Waals surface area contributed by atoms with Crippen LogP contribution in [0.5, 0.6) is 0 Å². The molecule has 3 N–H and O–H groups in total. The molecule has 20 heavy (non-hydrogen) atoms. The van der Waals surface area contributed by atoms with Crippen LogP contribution in [-0.4, -0.2) is 27.8 Å². The van der Waals surface area contributed by atoms with Crippen molar-refractivity contribution in [3.05, 3.63) is 52.8 Å². The van der Waals surface area contributed by atoms with Gasteiger partial charge in [-0.05, 0) is 31.2 Å². The lowest BCUT2D eigenvalue weighted by molar-refractivity contribution is 0.0951. The highest BCUT2D eigenvalue weighted by Crippen LogP contribution is 2.05. The van der Waals surface area contributed by atoms with Gasteiger partial charge in [-0.15, -0.1) is 0 Å². The maximum atomic E-state index is 12.0. The molecule has 0 radical (unpaired) electrons. The van der Waals surface area contributed by atoms with E-state index in [1.54, 1.807) is 30.5 Å². The van der Waals surface area contributed by atoms with Crippen LogP contribution in [0.1, 0.15) is 27.2 Å². The maximum Gasteiger partial charge on any atom is 0.251 e. The average Bonchev–Trinajstić information content (AvgIpc) is 2.88. The number of rotatable bonds is 3. The standard InChI is InChI=1S/C15H15N3O2/c1-11-14(10-17-18-11)9-16-15(20)13-6-4-12(5-7-13)3-2-8-19/h4-7,10,19H,8-9H2,1H3,(H,16,20)(H,17,18). The first-order valence-corrected chi connectivity index (χ1v) is 6.17. The molecule has 2 aromatic rings. The third-order valence-corrected chi connectivity index (χ3v) is 2.83. The Bertz CT molecular complexity index is 648. The monoisotopic (exact) mass is 269 g/mol. The molecule has 1 amide bonds. The topological polar surface area (TPSA) is 78.0 Å². The zero-order valence-corrected chi connectivity index (χ0v) is 11.1. The number of hydrogen-bond acceptors (Lipinski definition) is 3. The number of H-pyrrole nitrogens is 1. The van der Waals surface area contributed by atoms with Gasteiger partial charge in [-0.3, -0.25) is 9.89 Å². The van der Waals surface area contributed by atoms with E-state index in [0.717, 1.165) is 16.8 Å². The third-order valence-electron chi connectivity index (χ3n) is 2.83. The highest BCUT2D eigenvalue weighted by molar-refractivity contribution is 5.94. The van der Waals surface area contributed by atoms with Crippen LogP contribution in [0.15, 0.2) is 30.5 Å². The van der Waals surface area contributed by atoms with Crippen LogP contribution in [0.3, 0.4) is 0 Å². The summed E-state index contributed by atoms with van der Waals surface area (Å²) >= 11 is 0. The van der Waals surface area contributed by atoms with Crippen molar-refractivity contribution in [3.8, 4) is 11.8 Å². The lowest BCUT2D eigenvalue weighted by atomic mass is 10.1. The normalized spacial score (nSPS) is 9.70. The number of aliphatic hydroxyl groups excluding tert-OH is 1. The second kappa shape index (κ2) is 6.55. The Morgan fingerprint density at radius 1 is 1.40 bits per heavy atom. The van der Waals surface area contributed by atoms with Crippen molar-refractivity contribution in [2.24, 2.45) is 0 Å². The molecule has 0 spiro atoms. The number of benzene rings is 1. The first kappa shape index (κ1) is 13.8. The van der Waals surface area contributed by atoms with Gasteiger partial charge in [0.05, 0.1) is 6.20 Å². The Hall–Kier alpha value is -2.58. The molecule has 0 fully saturated rings. The van der Waals surface area contributed by atoms with Crippen molar-refractivity contribution in [1.82, 2.24) is 15.5 Å². The molecule has 0 unspecified atom stereocenters. The van der Waals surface area contributed by atoms with E-state index >= 15 is 0 Å². The van der Waals surface area contributed by atoms with Gasteiger partial charge in [0, 0.05) is 28.9 Å². The molecule has 1 aromatic carbocycles. The number of carbonyl (C=O) groups excluding carboxylic acids is 1. The van der Waals surface area contributed by atoms with Gasteiger partial charge < -0.3 is 10.4 Å². The van der Waals surface area contributed by atoms with Gasteiger partial charge in [-0.1, -0.05) is 11.8 Å². The summed E-state index contributed by atoms with van der Waals surface area (Å²) in [5, 5.41) is 18.2. The number of hydrogen-bond donors (Lipinski definition) is 3. The van der Waals surface area contributed by atoms with Crippen LogP contribution in [0, 0.1) is 18.8 Å². The number of aryl methyl sites for hydroxylation is 1. The summed E-state index contributed by atoms with van der Waals surface area (Å²) in [6.45, 7) is 2.17. The number of aromatic amines is 1. The van der Waals surface area contributed by atoms with Crippen LogP contribution < -0.4 is 5.32 Å². The molecule has 5 nitrogen and oxygen atoms in total. The number of aliphatic hydroxyl groups is 1. The van der Waals surface area contributed by atoms with Gasteiger partial charge in [-0.25, -0.2) is 0 Å². The molecule has 0 aliphatic heterocycles. The van der Waals surface area contributed by atoms with Crippen LogP contribution in [0.4, 0.5) is 0 Å². The van der Waals surface area contributed by atoms with E-state index in [0.29, 0.717) is 12.1 Å². The first-order chi connectivity index (χ1) is 9.70. The molecule has 0 aliphatic carbocycles. The molecule has 2 rings (SSSR count). The minimum absolute atomic E-state index is 0.146. The molecular weight excluding hydrogens is 254 g/mol. The Labute approximate surface area is 117 Å². The smallest absolute Gasteiger partial charge is 0.251 e. The molecule has 1 aromatic heterocycles. The first-order valence-electron chi connectivity index (χ1n) is 6.17. The molecule has 5 heteroatoms. The Morgan fingerprint density at radius 3 is 2.75 bits per heavy atom. The predicted molar refractivity (Wildman–Crippen MR) is 74.9 cm³/mol. The molecule has 0 saturated heterocycles. The number of nitrogens with zero attached hydrogens (tertiary/aromatic N) is 1. The predicted octanol–water partition coefficient (Wildman–Crippen LogP) is 0.992. The molecule has 102 valence electrons. The molecule has 0 atom stereocenters. The molecular formula is C15H15N3O2. The van der Waals surface area contributed by atoms with Gasteiger partial charge in [0.1, 0.15) is 6.61 Å². The Kier molecular flexibility index (Phi) is 4.53. The fraction of sp³-hybridized carbons (Fsp3) is 0.200. The van der Waals surface area contributed by atoms with Crippen molar-refractivity contribution in [3.63, 3.8) is 0 Å². The molecule has 1 heterocycles. The van der Waals surface area contributed by atoms with Gasteiger partial charge in [0.25, 0.3) is 5.91 Å². The lowest BCUT2D eigenvalue weighted by Crippen LogP contribution is -2.22. The lowest BCUT2D eigenvalue weighted by Gasteiger charge is -2.04. The number of nitrogens with one attached hydrogen (secondary N) is 2. The van der Waals surface area contributed by atoms with E-state index in [2.05, 4.69) is 27.4 Å². The van der Waals surface area contributed by atoms with E-state index in [9.17, 15) is 4.79 Å². The Balaban J connectivity index is 1.97. The summed E-state index contributed by atoms with van der Waals surface area (Å²) < 4.78 is 0. The minimum Gasteiger partial charge on any atom is -0.384 e. The number of aromatic nitrogens is 2. The van der Waals surface area contributed by atoms with Crippen molar-refractivity contribution >= 4 is 5.91 Å². The van der Waals surface area contributed by atoms with Crippen molar-refractivity contribution < 1.29 is 9.90 Å². The summed E-state index contributed by atoms with van der Waals surface area (Å²) in [4.78, 5) is 12.0. The van der Waals surface area contributed by atoms with Gasteiger partial charge in [0.2, 0.25) is 0 Å². The molecule has 0 aliphatic rings. The average molecular weight is 269 g/mol. The van der Waals surface area contributed by atoms with Crippen molar-refractivity contribution in [1.29, 1.82) is 0 Å². The minimum atomic E-state index is -0.174. The van der Waals surface area contributed by atoms with E-state index in [1.165, 1.54) is 0 Å². The van der Waals surface area contributed by atoms with Gasteiger partial charge in [-0.2, -0.15) is 5.10 Å². The molecule has 0 bridgehead atoms. The van der Waals surface area contributed by atoms with E-state index in [4.69, 9.17) is 5.11 Å². The Morgan fingerprint density at radius 2 is 2.15 bits per heavy atom. The summed E-state index contributed by atoms with van der Waals surface area (Å²) in [6, 6.07) is 6.92. The second-order valence-corrected chi connectivity index (χ2v) is 4.24. The van der Waals surface area contributed by atoms with Crippen LogP contribution >= 0.6 is 0 Å². The van der Waals surface area contributed by atoms with E-state index < -0.39 is 0 Å². The number of carbonyl (C=O) groups is 1. The largest absolute Gasteiger partial charge is 0.384 e. The fourth-order valence-electron chi connectivity index (χ4n) is 1.68. The van der Waals surface area contributed by atoms with Crippen molar-refractivity contribution in [2.45, 2.75) is 13.5 Å².